The molecular weight excluding hydrogens is 418 g/mol. The number of hydrogen-bond donors (Lipinski definition) is 2. The Bertz CT molecular complexity index is 1500. The Kier molecular flexibility index (Phi) is 4.74. The van der Waals surface area contributed by atoms with Crippen LogP contribution in [-0.2, 0) is 22.4 Å². The first-order valence-corrected chi connectivity index (χ1v) is 10.9. The third-order valence-electron chi connectivity index (χ3n) is 6.33. The molecule has 0 unspecified atom stereocenters. The SMILES string of the molecule is CCc1cc(C2=c3cc4c(cc3OC2=O)=C(c2cc(C)c(N)c(CC)c2)C(=O)O4)ccc1O. The Morgan fingerprint density at radius 3 is 1.91 bits per heavy atom. The minimum Gasteiger partial charge on any atom is -0.508 e. The maximum absolute atomic E-state index is 12.9. The number of hydrogen-bond acceptors (Lipinski definition) is 6. The van der Waals surface area contributed by atoms with Gasteiger partial charge in [0.15, 0.2) is 0 Å². The van der Waals surface area contributed by atoms with Crippen molar-refractivity contribution < 1.29 is 24.2 Å². The molecule has 2 aliphatic heterocycles. The van der Waals surface area contributed by atoms with Crippen LogP contribution in [0.4, 0.5) is 5.69 Å². The fourth-order valence-corrected chi connectivity index (χ4v) is 4.52. The molecule has 33 heavy (non-hydrogen) atoms. The molecule has 6 heteroatoms. The molecule has 5 rings (SSSR count). The minimum atomic E-state index is -0.481. The number of phenols is 1. The summed E-state index contributed by atoms with van der Waals surface area (Å²) in [6.45, 7) is 5.85. The topological polar surface area (TPSA) is 98.9 Å². The highest BCUT2D eigenvalue weighted by molar-refractivity contribution is 6.21. The maximum atomic E-state index is 12.9. The van der Waals surface area contributed by atoms with E-state index in [1.165, 1.54) is 0 Å². The van der Waals surface area contributed by atoms with Crippen molar-refractivity contribution in [1.29, 1.82) is 0 Å². The summed E-state index contributed by atoms with van der Waals surface area (Å²) in [7, 11) is 0. The van der Waals surface area contributed by atoms with Gasteiger partial charge in [-0.25, -0.2) is 9.59 Å². The Hall–Kier alpha value is -4.06. The first-order valence-electron chi connectivity index (χ1n) is 10.9. The van der Waals surface area contributed by atoms with Crippen LogP contribution in [-0.4, -0.2) is 17.0 Å². The summed E-state index contributed by atoms with van der Waals surface area (Å²) in [5.41, 5.74) is 11.6. The number of phenolic OH excluding ortho intramolecular Hbond substituents is 1. The Morgan fingerprint density at radius 2 is 1.33 bits per heavy atom. The van der Waals surface area contributed by atoms with Crippen molar-refractivity contribution >= 4 is 28.8 Å². The summed E-state index contributed by atoms with van der Waals surface area (Å²) < 4.78 is 11.2. The lowest BCUT2D eigenvalue weighted by Gasteiger charge is -2.10. The number of benzene rings is 3. The lowest BCUT2D eigenvalue weighted by atomic mass is 9.96. The molecule has 3 N–H and O–H groups in total. The highest BCUT2D eigenvalue weighted by Crippen LogP contribution is 2.30. The Morgan fingerprint density at radius 1 is 0.788 bits per heavy atom. The summed E-state index contributed by atoms with van der Waals surface area (Å²) in [4.78, 5) is 25.6. The normalized spacial score (nSPS) is 14.3. The molecule has 0 bridgehead atoms. The number of fused-ring (bicyclic) bond motifs is 2. The smallest absolute Gasteiger partial charge is 0.344 e. The third-order valence-corrected chi connectivity index (χ3v) is 6.33. The molecule has 3 aromatic carbocycles. The molecule has 166 valence electrons. The molecule has 0 aromatic heterocycles. The average Bonchev–Trinajstić information content (AvgIpc) is 3.28. The first kappa shape index (κ1) is 20.8. The zero-order valence-electron chi connectivity index (χ0n) is 18.6. The molecule has 0 aliphatic carbocycles. The number of rotatable bonds is 4. The zero-order valence-corrected chi connectivity index (χ0v) is 18.6. The van der Waals surface area contributed by atoms with Crippen molar-refractivity contribution in [2.75, 3.05) is 5.73 Å². The van der Waals surface area contributed by atoms with Gasteiger partial charge in [-0.15, -0.1) is 0 Å². The fraction of sp³-hybridized carbons (Fsp3) is 0.185. The van der Waals surface area contributed by atoms with E-state index in [4.69, 9.17) is 15.2 Å². The van der Waals surface area contributed by atoms with E-state index < -0.39 is 11.9 Å². The van der Waals surface area contributed by atoms with Gasteiger partial charge in [-0.1, -0.05) is 19.9 Å². The van der Waals surface area contributed by atoms with Gasteiger partial charge in [0, 0.05) is 16.1 Å². The number of nitrogen functional groups attached to an aromatic ring is 1. The number of esters is 2. The Labute approximate surface area is 190 Å². The monoisotopic (exact) mass is 441 g/mol. The highest BCUT2D eigenvalue weighted by atomic mass is 16.5. The van der Waals surface area contributed by atoms with E-state index in [0.717, 1.165) is 34.4 Å². The van der Waals surface area contributed by atoms with Gasteiger partial charge in [-0.3, -0.25) is 0 Å². The molecule has 6 nitrogen and oxygen atoms in total. The summed E-state index contributed by atoms with van der Waals surface area (Å²) >= 11 is 0. The van der Waals surface area contributed by atoms with Crippen LogP contribution in [0.25, 0.3) is 11.1 Å². The number of ether oxygens (including phenoxy) is 2. The largest absolute Gasteiger partial charge is 0.508 e. The predicted molar refractivity (Wildman–Crippen MR) is 124 cm³/mol. The van der Waals surface area contributed by atoms with Crippen LogP contribution in [0.3, 0.4) is 0 Å². The summed E-state index contributed by atoms with van der Waals surface area (Å²) in [5.74, 6) is 0.00231. The molecule has 2 aliphatic rings. The van der Waals surface area contributed by atoms with Crippen LogP contribution in [0.1, 0.15) is 41.7 Å². The predicted octanol–water partition coefficient (Wildman–Crippen LogP) is 2.64. The molecule has 0 saturated heterocycles. The van der Waals surface area contributed by atoms with E-state index in [1.807, 2.05) is 32.9 Å². The van der Waals surface area contributed by atoms with E-state index in [1.54, 1.807) is 30.3 Å². The number of carbonyl (C=O) groups is 2. The second-order valence-electron chi connectivity index (χ2n) is 8.29. The van der Waals surface area contributed by atoms with Crippen LogP contribution >= 0.6 is 0 Å². The summed E-state index contributed by atoms with van der Waals surface area (Å²) in [5, 5.41) is 11.2. The van der Waals surface area contributed by atoms with Gasteiger partial charge < -0.3 is 20.3 Å². The standard InChI is InChI=1S/C27H23NO5/c1-4-14-9-16(6-7-20(14)29)23-18-11-22-19(12-21(18)32-26(23)30)24(27(31)33-22)17-8-13(3)25(28)15(5-2)10-17/h6-12,29H,4-5,28H2,1-3H3. The van der Waals surface area contributed by atoms with E-state index in [-0.39, 0.29) is 5.75 Å². The number of nitrogens with two attached hydrogens (primary N) is 1. The van der Waals surface area contributed by atoms with Crippen molar-refractivity contribution in [3.05, 3.63) is 80.7 Å². The van der Waals surface area contributed by atoms with E-state index >= 15 is 0 Å². The molecule has 2 heterocycles. The van der Waals surface area contributed by atoms with Crippen molar-refractivity contribution in [2.24, 2.45) is 0 Å². The number of aryl methyl sites for hydroxylation is 3. The lowest BCUT2D eigenvalue weighted by molar-refractivity contribution is -0.128. The second kappa shape index (κ2) is 7.52. The van der Waals surface area contributed by atoms with Crippen molar-refractivity contribution in [2.45, 2.75) is 33.6 Å². The quantitative estimate of drug-likeness (QED) is 0.367. The van der Waals surface area contributed by atoms with Gasteiger partial charge in [-0.05, 0) is 84.0 Å². The maximum Gasteiger partial charge on any atom is 0.344 e. The number of carbonyl (C=O) groups excluding carboxylic acids is 2. The summed E-state index contributed by atoms with van der Waals surface area (Å²) in [6.07, 6.45) is 1.36. The van der Waals surface area contributed by atoms with Crippen LogP contribution in [0.2, 0.25) is 0 Å². The fourth-order valence-electron chi connectivity index (χ4n) is 4.52. The molecule has 0 radical (unpaired) electrons. The van der Waals surface area contributed by atoms with Crippen LogP contribution < -0.4 is 25.6 Å². The second-order valence-corrected chi connectivity index (χ2v) is 8.29. The minimum absolute atomic E-state index is 0.181. The van der Waals surface area contributed by atoms with Gasteiger partial charge in [-0.2, -0.15) is 0 Å². The van der Waals surface area contributed by atoms with Gasteiger partial charge in [0.2, 0.25) is 0 Å². The molecule has 0 spiro atoms. The van der Waals surface area contributed by atoms with Gasteiger partial charge >= 0.3 is 11.9 Å². The van der Waals surface area contributed by atoms with Gasteiger partial charge in [0.05, 0.1) is 11.1 Å². The average molecular weight is 441 g/mol. The molecular formula is C27H23NO5. The van der Waals surface area contributed by atoms with Crippen molar-refractivity contribution in [3.63, 3.8) is 0 Å². The van der Waals surface area contributed by atoms with E-state index in [0.29, 0.717) is 45.1 Å². The van der Waals surface area contributed by atoms with Crippen LogP contribution in [0.5, 0.6) is 17.2 Å². The van der Waals surface area contributed by atoms with E-state index in [9.17, 15) is 14.7 Å². The first-order chi connectivity index (χ1) is 15.8. The molecule has 0 amide bonds. The van der Waals surface area contributed by atoms with Crippen LogP contribution in [0.15, 0.2) is 42.5 Å². The molecule has 0 atom stereocenters. The highest BCUT2D eigenvalue weighted by Gasteiger charge is 2.31. The van der Waals surface area contributed by atoms with Gasteiger partial charge in [0.1, 0.15) is 17.2 Å². The Balaban J connectivity index is 1.75. The number of anilines is 1. The third kappa shape index (κ3) is 3.18. The van der Waals surface area contributed by atoms with E-state index in [2.05, 4.69) is 0 Å². The van der Waals surface area contributed by atoms with Crippen LogP contribution in [0, 0.1) is 6.92 Å². The summed E-state index contributed by atoms with van der Waals surface area (Å²) in [6, 6.07) is 12.2. The van der Waals surface area contributed by atoms with Crippen molar-refractivity contribution in [1.82, 2.24) is 0 Å². The molecule has 0 saturated carbocycles. The van der Waals surface area contributed by atoms with Gasteiger partial charge in [0.25, 0.3) is 0 Å². The van der Waals surface area contributed by atoms with Crippen molar-refractivity contribution in [3.8, 4) is 17.2 Å². The molecule has 0 fully saturated rings. The zero-order chi connectivity index (χ0) is 23.4. The number of aromatic hydroxyl groups is 1. The molecule has 3 aromatic rings. The lowest BCUT2D eigenvalue weighted by Crippen LogP contribution is -2.11.